The van der Waals surface area contributed by atoms with Gasteiger partial charge in [0.2, 0.25) is 0 Å². The summed E-state index contributed by atoms with van der Waals surface area (Å²) in [4.78, 5) is 0. The predicted molar refractivity (Wildman–Crippen MR) is 62.7 cm³/mol. The van der Waals surface area contributed by atoms with E-state index in [1.54, 1.807) is 0 Å². The molecule has 0 rings (SSSR count). The molecule has 0 saturated carbocycles. The number of hydrogen-bond acceptors (Lipinski definition) is 3. The van der Waals surface area contributed by atoms with Crippen LogP contribution in [0.4, 0.5) is 0 Å². The third-order valence-corrected chi connectivity index (χ3v) is 2.45. The molecule has 0 bridgehead atoms. The number of rotatable bonds is 9. The standard InChI is InChI=1S/C12H24N2O/c1-4-6-7-9-15-10-8-12(3,11-13)14-5-2/h14H,4-10H2,1-3H3. The summed E-state index contributed by atoms with van der Waals surface area (Å²) in [6, 6.07) is 2.29. The minimum Gasteiger partial charge on any atom is -0.381 e. The Morgan fingerprint density at radius 2 is 2.00 bits per heavy atom. The van der Waals surface area contributed by atoms with E-state index in [1.165, 1.54) is 12.8 Å². The summed E-state index contributed by atoms with van der Waals surface area (Å²) in [6.45, 7) is 8.42. The van der Waals surface area contributed by atoms with Crippen LogP contribution in [0.1, 0.15) is 46.5 Å². The Kier molecular flexibility index (Phi) is 8.35. The van der Waals surface area contributed by atoms with E-state index in [4.69, 9.17) is 10.00 Å². The molecule has 3 nitrogen and oxygen atoms in total. The normalized spacial score (nSPS) is 14.5. The minimum absolute atomic E-state index is 0.431. The Morgan fingerprint density at radius 1 is 1.27 bits per heavy atom. The Hall–Kier alpha value is -0.590. The number of nitrogens with zero attached hydrogens (tertiary/aromatic N) is 1. The monoisotopic (exact) mass is 212 g/mol. The quantitative estimate of drug-likeness (QED) is 0.597. The van der Waals surface area contributed by atoms with Crippen molar-refractivity contribution in [1.29, 1.82) is 5.26 Å². The highest BCUT2D eigenvalue weighted by atomic mass is 16.5. The topological polar surface area (TPSA) is 45.0 Å². The number of nitrogens with one attached hydrogen (secondary N) is 1. The van der Waals surface area contributed by atoms with Crippen molar-refractivity contribution in [3.63, 3.8) is 0 Å². The van der Waals surface area contributed by atoms with E-state index in [1.807, 2.05) is 13.8 Å². The molecule has 1 N–H and O–H groups in total. The predicted octanol–water partition coefficient (Wildman–Crippen LogP) is 2.48. The van der Waals surface area contributed by atoms with Crippen molar-refractivity contribution < 1.29 is 4.74 Å². The van der Waals surface area contributed by atoms with Crippen molar-refractivity contribution in [2.75, 3.05) is 19.8 Å². The molecule has 0 aliphatic carbocycles. The summed E-state index contributed by atoms with van der Waals surface area (Å²) >= 11 is 0. The fourth-order valence-corrected chi connectivity index (χ4v) is 1.41. The number of hydrogen-bond donors (Lipinski definition) is 1. The Labute approximate surface area is 93.8 Å². The molecule has 0 aliphatic heterocycles. The molecule has 0 heterocycles. The number of unbranched alkanes of at least 4 members (excludes halogenated alkanes) is 2. The van der Waals surface area contributed by atoms with Gasteiger partial charge in [0.25, 0.3) is 0 Å². The minimum atomic E-state index is -0.431. The highest BCUT2D eigenvalue weighted by Gasteiger charge is 2.21. The molecule has 0 amide bonds. The molecule has 0 aliphatic rings. The summed E-state index contributed by atoms with van der Waals surface area (Å²) < 4.78 is 5.49. The zero-order valence-corrected chi connectivity index (χ0v) is 10.3. The lowest BCUT2D eigenvalue weighted by Gasteiger charge is -2.22. The second-order valence-electron chi connectivity index (χ2n) is 4.04. The summed E-state index contributed by atoms with van der Waals surface area (Å²) in [5.41, 5.74) is -0.431. The zero-order chi connectivity index (χ0) is 11.6. The lowest BCUT2D eigenvalue weighted by Crippen LogP contribution is -2.41. The number of ether oxygens (including phenoxy) is 1. The summed E-state index contributed by atoms with van der Waals surface area (Å²) in [6.07, 6.45) is 4.32. The van der Waals surface area contributed by atoms with Crippen LogP contribution in [0.15, 0.2) is 0 Å². The van der Waals surface area contributed by atoms with Crippen LogP contribution in [0.3, 0.4) is 0 Å². The van der Waals surface area contributed by atoms with Crippen LogP contribution >= 0.6 is 0 Å². The van der Waals surface area contributed by atoms with Gasteiger partial charge in [-0.25, -0.2) is 0 Å². The van der Waals surface area contributed by atoms with Crippen LogP contribution in [0.25, 0.3) is 0 Å². The van der Waals surface area contributed by atoms with Gasteiger partial charge in [-0.3, -0.25) is 5.32 Å². The highest BCUT2D eigenvalue weighted by molar-refractivity contribution is 5.03. The summed E-state index contributed by atoms with van der Waals surface area (Å²) in [5.74, 6) is 0. The van der Waals surface area contributed by atoms with Crippen molar-refractivity contribution in [3.05, 3.63) is 0 Å². The van der Waals surface area contributed by atoms with Gasteiger partial charge in [0.1, 0.15) is 5.54 Å². The van der Waals surface area contributed by atoms with Crippen LogP contribution < -0.4 is 5.32 Å². The molecular formula is C12H24N2O. The first-order valence-electron chi connectivity index (χ1n) is 5.92. The first-order valence-corrected chi connectivity index (χ1v) is 5.92. The van der Waals surface area contributed by atoms with Gasteiger partial charge in [-0.2, -0.15) is 5.26 Å². The number of nitriles is 1. The van der Waals surface area contributed by atoms with E-state index in [-0.39, 0.29) is 0 Å². The Bertz CT molecular complexity index is 189. The van der Waals surface area contributed by atoms with Crippen LogP contribution in [-0.4, -0.2) is 25.3 Å². The van der Waals surface area contributed by atoms with Gasteiger partial charge in [0, 0.05) is 19.6 Å². The van der Waals surface area contributed by atoms with E-state index in [0.29, 0.717) is 6.61 Å². The van der Waals surface area contributed by atoms with Crippen molar-refractivity contribution in [2.24, 2.45) is 0 Å². The SMILES string of the molecule is CCCCCOCCC(C)(C#N)NCC. The van der Waals surface area contributed by atoms with Gasteiger partial charge < -0.3 is 4.74 Å². The maximum Gasteiger partial charge on any atom is 0.106 e. The summed E-state index contributed by atoms with van der Waals surface area (Å²) in [5, 5.41) is 12.2. The molecule has 15 heavy (non-hydrogen) atoms. The van der Waals surface area contributed by atoms with Gasteiger partial charge in [-0.05, 0) is 19.9 Å². The van der Waals surface area contributed by atoms with E-state index < -0.39 is 5.54 Å². The molecule has 0 aromatic carbocycles. The third kappa shape index (κ3) is 7.35. The molecule has 0 aromatic heterocycles. The van der Waals surface area contributed by atoms with Crippen LogP contribution in [0.2, 0.25) is 0 Å². The zero-order valence-electron chi connectivity index (χ0n) is 10.3. The molecule has 1 atom stereocenters. The molecule has 88 valence electrons. The molecular weight excluding hydrogens is 188 g/mol. The lowest BCUT2D eigenvalue weighted by atomic mass is 10.0. The second kappa shape index (κ2) is 8.70. The molecule has 0 spiro atoms. The Morgan fingerprint density at radius 3 is 2.53 bits per heavy atom. The van der Waals surface area contributed by atoms with Crippen LogP contribution in [-0.2, 0) is 4.74 Å². The van der Waals surface area contributed by atoms with E-state index in [2.05, 4.69) is 18.3 Å². The Balaban J connectivity index is 3.51. The van der Waals surface area contributed by atoms with Gasteiger partial charge in [-0.15, -0.1) is 0 Å². The first kappa shape index (κ1) is 14.4. The van der Waals surface area contributed by atoms with Gasteiger partial charge in [-0.1, -0.05) is 26.7 Å². The highest BCUT2D eigenvalue weighted by Crippen LogP contribution is 2.08. The largest absolute Gasteiger partial charge is 0.381 e. The van der Waals surface area contributed by atoms with E-state index >= 15 is 0 Å². The van der Waals surface area contributed by atoms with Crippen molar-refractivity contribution in [2.45, 2.75) is 52.0 Å². The van der Waals surface area contributed by atoms with Crippen LogP contribution in [0.5, 0.6) is 0 Å². The maximum atomic E-state index is 8.99. The summed E-state index contributed by atoms with van der Waals surface area (Å²) in [7, 11) is 0. The molecule has 0 saturated heterocycles. The van der Waals surface area contributed by atoms with Gasteiger partial charge in [0.15, 0.2) is 0 Å². The van der Waals surface area contributed by atoms with Crippen LogP contribution in [0, 0.1) is 11.3 Å². The van der Waals surface area contributed by atoms with E-state index in [9.17, 15) is 0 Å². The molecule has 0 radical (unpaired) electrons. The van der Waals surface area contributed by atoms with E-state index in [0.717, 1.165) is 26.0 Å². The van der Waals surface area contributed by atoms with Crippen molar-refractivity contribution >= 4 is 0 Å². The fraction of sp³-hybridized carbons (Fsp3) is 0.917. The average Bonchev–Trinajstić information content (AvgIpc) is 2.24. The second-order valence-corrected chi connectivity index (χ2v) is 4.04. The first-order chi connectivity index (χ1) is 7.18. The lowest BCUT2D eigenvalue weighted by molar-refractivity contribution is 0.115. The van der Waals surface area contributed by atoms with Gasteiger partial charge >= 0.3 is 0 Å². The van der Waals surface area contributed by atoms with Crippen molar-refractivity contribution in [3.8, 4) is 6.07 Å². The smallest absolute Gasteiger partial charge is 0.106 e. The van der Waals surface area contributed by atoms with Crippen molar-refractivity contribution in [1.82, 2.24) is 5.32 Å². The third-order valence-electron chi connectivity index (χ3n) is 2.45. The molecule has 0 aromatic rings. The van der Waals surface area contributed by atoms with Gasteiger partial charge in [0.05, 0.1) is 6.07 Å². The maximum absolute atomic E-state index is 8.99. The fourth-order valence-electron chi connectivity index (χ4n) is 1.41. The molecule has 3 heteroatoms. The molecule has 1 unspecified atom stereocenters. The average molecular weight is 212 g/mol. The molecule has 0 fully saturated rings.